The second-order valence-electron chi connectivity index (χ2n) is 3.79. The highest BCUT2D eigenvalue weighted by Crippen LogP contribution is 2.10. The quantitative estimate of drug-likeness (QED) is 0.745. The summed E-state index contributed by atoms with van der Waals surface area (Å²) in [5.41, 5.74) is 0.360. The molecule has 0 fully saturated rings. The molecule has 0 heterocycles. The lowest BCUT2D eigenvalue weighted by Gasteiger charge is -2.25. The van der Waals surface area contributed by atoms with Gasteiger partial charge in [0.25, 0.3) is 5.91 Å². The SMILES string of the molecule is CC(C)N(CCCl)C(=O)c1cccc(F)c1. The Morgan fingerprint density at radius 1 is 1.50 bits per heavy atom. The van der Waals surface area contributed by atoms with Gasteiger partial charge in [0.15, 0.2) is 0 Å². The van der Waals surface area contributed by atoms with Crippen LogP contribution < -0.4 is 0 Å². The van der Waals surface area contributed by atoms with Crippen LogP contribution in [0.25, 0.3) is 0 Å². The number of benzene rings is 1. The zero-order valence-corrected chi connectivity index (χ0v) is 10.2. The summed E-state index contributed by atoms with van der Waals surface area (Å²) >= 11 is 5.64. The number of carbonyl (C=O) groups is 1. The summed E-state index contributed by atoms with van der Waals surface area (Å²) in [4.78, 5) is 13.7. The molecule has 0 aromatic heterocycles. The van der Waals surface area contributed by atoms with E-state index in [-0.39, 0.29) is 11.9 Å². The number of hydrogen-bond acceptors (Lipinski definition) is 1. The van der Waals surface area contributed by atoms with Crippen molar-refractivity contribution in [2.75, 3.05) is 12.4 Å². The Kier molecular flexibility index (Phi) is 4.74. The Bertz CT molecular complexity index is 368. The molecular formula is C12H15ClFNO. The fourth-order valence-corrected chi connectivity index (χ4v) is 1.65. The van der Waals surface area contributed by atoms with Crippen molar-refractivity contribution in [2.45, 2.75) is 19.9 Å². The molecule has 0 aliphatic rings. The van der Waals surface area contributed by atoms with Gasteiger partial charge < -0.3 is 4.90 Å². The van der Waals surface area contributed by atoms with Crippen molar-refractivity contribution in [1.82, 2.24) is 4.90 Å². The van der Waals surface area contributed by atoms with Crippen LogP contribution in [-0.2, 0) is 0 Å². The maximum Gasteiger partial charge on any atom is 0.254 e. The minimum atomic E-state index is -0.402. The van der Waals surface area contributed by atoms with Gasteiger partial charge in [0, 0.05) is 24.0 Å². The third-order valence-corrected chi connectivity index (χ3v) is 2.45. The van der Waals surface area contributed by atoms with Gasteiger partial charge in [-0.05, 0) is 32.0 Å². The first-order chi connectivity index (χ1) is 7.56. The number of hydrogen-bond donors (Lipinski definition) is 0. The Hall–Kier alpha value is -1.09. The van der Waals surface area contributed by atoms with Gasteiger partial charge in [-0.15, -0.1) is 11.6 Å². The summed E-state index contributed by atoms with van der Waals surface area (Å²) < 4.78 is 13.0. The standard InChI is InChI=1S/C12H15ClFNO/c1-9(2)15(7-6-13)12(16)10-4-3-5-11(14)8-10/h3-5,8-9H,6-7H2,1-2H3. The third-order valence-electron chi connectivity index (χ3n) is 2.28. The van der Waals surface area contributed by atoms with Crippen molar-refractivity contribution >= 4 is 17.5 Å². The lowest BCUT2D eigenvalue weighted by atomic mass is 10.1. The van der Waals surface area contributed by atoms with Gasteiger partial charge >= 0.3 is 0 Å². The molecule has 0 saturated heterocycles. The molecule has 0 unspecified atom stereocenters. The first kappa shape index (κ1) is 13.0. The molecule has 0 atom stereocenters. The molecule has 1 amide bonds. The first-order valence-corrected chi connectivity index (χ1v) is 5.72. The third kappa shape index (κ3) is 3.20. The van der Waals surface area contributed by atoms with E-state index in [1.54, 1.807) is 11.0 Å². The summed E-state index contributed by atoms with van der Waals surface area (Å²) in [5, 5.41) is 0. The van der Waals surface area contributed by atoms with Crippen LogP contribution in [0, 0.1) is 5.82 Å². The van der Waals surface area contributed by atoms with E-state index in [9.17, 15) is 9.18 Å². The van der Waals surface area contributed by atoms with E-state index < -0.39 is 5.82 Å². The second kappa shape index (κ2) is 5.85. The summed E-state index contributed by atoms with van der Waals surface area (Å²) in [7, 11) is 0. The summed E-state index contributed by atoms with van der Waals surface area (Å²) in [6, 6.07) is 5.75. The van der Waals surface area contributed by atoms with Crippen molar-refractivity contribution in [3.63, 3.8) is 0 Å². The van der Waals surface area contributed by atoms with Crippen LogP contribution >= 0.6 is 11.6 Å². The molecular weight excluding hydrogens is 229 g/mol. The largest absolute Gasteiger partial charge is 0.335 e. The minimum Gasteiger partial charge on any atom is -0.335 e. The Balaban J connectivity index is 2.90. The van der Waals surface area contributed by atoms with Crippen LogP contribution in [0.3, 0.4) is 0 Å². The van der Waals surface area contributed by atoms with Crippen LogP contribution in [0.2, 0.25) is 0 Å². The van der Waals surface area contributed by atoms with Crippen LogP contribution in [0.5, 0.6) is 0 Å². The first-order valence-electron chi connectivity index (χ1n) is 5.18. The Morgan fingerprint density at radius 3 is 2.69 bits per heavy atom. The zero-order valence-electron chi connectivity index (χ0n) is 9.41. The molecule has 16 heavy (non-hydrogen) atoms. The van der Waals surface area contributed by atoms with E-state index >= 15 is 0 Å². The summed E-state index contributed by atoms with van der Waals surface area (Å²) in [6.07, 6.45) is 0. The molecule has 2 nitrogen and oxygen atoms in total. The van der Waals surface area contributed by atoms with Gasteiger partial charge in [0.1, 0.15) is 5.82 Å². The number of carbonyl (C=O) groups excluding carboxylic acids is 1. The molecule has 0 aliphatic heterocycles. The van der Waals surface area contributed by atoms with E-state index in [0.717, 1.165) is 0 Å². The van der Waals surface area contributed by atoms with E-state index in [4.69, 9.17) is 11.6 Å². The van der Waals surface area contributed by atoms with Crippen molar-refractivity contribution < 1.29 is 9.18 Å². The number of amides is 1. The highest BCUT2D eigenvalue weighted by atomic mass is 35.5. The molecule has 1 aromatic carbocycles. The van der Waals surface area contributed by atoms with Crippen LogP contribution in [0.1, 0.15) is 24.2 Å². The maximum atomic E-state index is 13.0. The smallest absolute Gasteiger partial charge is 0.254 e. The van der Waals surface area contributed by atoms with Gasteiger partial charge in [-0.3, -0.25) is 4.79 Å². The summed E-state index contributed by atoms with van der Waals surface area (Å²) in [6.45, 7) is 4.28. The van der Waals surface area contributed by atoms with E-state index in [0.29, 0.717) is 18.0 Å². The van der Waals surface area contributed by atoms with Gasteiger partial charge in [0.05, 0.1) is 0 Å². The molecule has 1 rings (SSSR count). The highest BCUT2D eigenvalue weighted by Gasteiger charge is 2.18. The van der Waals surface area contributed by atoms with Gasteiger partial charge in [0.2, 0.25) is 0 Å². The summed E-state index contributed by atoms with van der Waals surface area (Å²) in [5.74, 6) is -0.213. The lowest BCUT2D eigenvalue weighted by molar-refractivity contribution is 0.0718. The monoisotopic (exact) mass is 243 g/mol. The lowest BCUT2D eigenvalue weighted by Crippen LogP contribution is -2.38. The molecule has 0 spiro atoms. The average molecular weight is 244 g/mol. The average Bonchev–Trinajstić information content (AvgIpc) is 2.24. The molecule has 0 aliphatic carbocycles. The second-order valence-corrected chi connectivity index (χ2v) is 4.17. The van der Waals surface area contributed by atoms with Crippen LogP contribution in [-0.4, -0.2) is 29.3 Å². The highest BCUT2D eigenvalue weighted by molar-refractivity contribution is 6.18. The molecule has 0 saturated carbocycles. The van der Waals surface area contributed by atoms with Crippen molar-refractivity contribution in [1.29, 1.82) is 0 Å². The fraction of sp³-hybridized carbons (Fsp3) is 0.417. The van der Waals surface area contributed by atoms with E-state index in [2.05, 4.69) is 0 Å². The van der Waals surface area contributed by atoms with Gasteiger partial charge in [-0.2, -0.15) is 0 Å². The predicted octanol–water partition coefficient (Wildman–Crippen LogP) is 2.92. The fourth-order valence-electron chi connectivity index (χ4n) is 1.47. The van der Waals surface area contributed by atoms with E-state index in [1.807, 2.05) is 13.8 Å². The van der Waals surface area contributed by atoms with Crippen LogP contribution in [0.4, 0.5) is 4.39 Å². The number of rotatable bonds is 4. The molecule has 0 N–H and O–H groups in total. The molecule has 88 valence electrons. The zero-order chi connectivity index (χ0) is 12.1. The van der Waals surface area contributed by atoms with E-state index in [1.165, 1.54) is 18.2 Å². The topological polar surface area (TPSA) is 20.3 Å². The maximum absolute atomic E-state index is 13.0. The number of alkyl halides is 1. The predicted molar refractivity (Wildman–Crippen MR) is 63.3 cm³/mol. The van der Waals surface area contributed by atoms with Crippen molar-refractivity contribution in [3.05, 3.63) is 35.6 Å². The van der Waals surface area contributed by atoms with Crippen molar-refractivity contribution in [2.24, 2.45) is 0 Å². The normalized spacial score (nSPS) is 10.6. The van der Waals surface area contributed by atoms with Crippen molar-refractivity contribution in [3.8, 4) is 0 Å². The Labute approximate surface area is 100 Å². The molecule has 1 aromatic rings. The van der Waals surface area contributed by atoms with Crippen LogP contribution in [0.15, 0.2) is 24.3 Å². The van der Waals surface area contributed by atoms with Gasteiger partial charge in [-0.25, -0.2) is 4.39 Å². The molecule has 0 radical (unpaired) electrons. The minimum absolute atomic E-state index is 0.0505. The molecule has 0 bridgehead atoms. The van der Waals surface area contributed by atoms with Gasteiger partial charge in [-0.1, -0.05) is 6.07 Å². The molecule has 4 heteroatoms. The Morgan fingerprint density at radius 2 is 2.19 bits per heavy atom. The number of halogens is 2. The number of nitrogens with zero attached hydrogens (tertiary/aromatic N) is 1.